The SMILES string of the molecule is COc1ccc2c3c1O[C@H]1C(=O)C=C[C@@]4(OCCCc5ccccc5)[C@@H](C2)N(CC2CC2)CC[C@]314. The summed E-state index contributed by atoms with van der Waals surface area (Å²) in [5.41, 5.74) is 2.73. The van der Waals surface area contributed by atoms with Crippen molar-refractivity contribution in [3.63, 3.8) is 0 Å². The molecular weight excluding hydrogens is 438 g/mol. The number of benzene rings is 2. The van der Waals surface area contributed by atoms with Crippen LogP contribution >= 0.6 is 0 Å². The number of nitrogens with zero attached hydrogens (tertiary/aromatic N) is 1. The highest BCUT2D eigenvalue weighted by Crippen LogP contribution is 2.65. The lowest BCUT2D eigenvalue weighted by Crippen LogP contribution is -2.76. The summed E-state index contributed by atoms with van der Waals surface area (Å²) in [7, 11) is 1.68. The van der Waals surface area contributed by atoms with Gasteiger partial charge < -0.3 is 14.2 Å². The third-order valence-corrected chi connectivity index (χ3v) is 9.13. The van der Waals surface area contributed by atoms with E-state index in [-0.39, 0.29) is 11.8 Å². The number of ketones is 1. The Morgan fingerprint density at radius 2 is 2.00 bits per heavy atom. The van der Waals surface area contributed by atoms with E-state index in [0.29, 0.717) is 6.61 Å². The van der Waals surface area contributed by atoms with Gasteiger partial charge in [-0.25, -0.2) is 0 Å². The van der Waals surface area contributed by atoms with E-state index in [9.17, 15) is 4.79 Å². The first kappa shape index (κ1) is 21.6. The molecule has 5 aliphatic rings. The van der Waals surface area contributed by atoms with E-state index in [4.69, 9.17) is 14.2 Å². The van der Waals surface area contributed by atoms with Gasteiger partial charge in [-0.15, -0.1) is 0 Å². The molecule has 7 rings (SSSR count). The third kappa shape index (κ3) is 3.04. The summed E-state index contributed by atoms with van der Waals surface area (Å²) in [6.07, 6.45) is 9.69. The fourth-order valence-electron chi connectivity index (χ4n) is 7.42. The average molecular weight is 472 g/mol. The van der Waals surface area contributed by atoms with Crippen molar-refractivity contribution in [2.24, 2.45) is 5.92 Å². The highest BCUT2D eigenvalue weighted by molar-refractivity contribution is 5.99. The van der Waals surface area contributed by atoms with Crippen LogP contribution in [-0.4, -0.2) is 55.2 Å². The van der Waals surface area contributed by atoms with Crippen molar-refractivity contribution < 1.29 is 19.0 Å². The third-order valence-electron chi connectivity index (χ3n) is 9.13. The molecule has 35 heavy (non-hydrogen) atoms. The Morgan fingerprint density at radius 3 is 2.80 bits per heavy atom. The van der Waals surface area contributed by atoms with Crippen LogP contribution in [0, 0.1) is 5.92 Å². The number of aryl methyl sites for hydroxylation is 1. The first-order chi connectivity index (χ1) is 17.2. The van der Waals surface area contributed by atoms with Crippen molar-refractivity contribution in [3.8, 4) is 11.5 Å². The number of methoxy groups -OCH3 is 1. The highest BCUT2D eigenvalue weighted by Gasteiger charge is 2.73. The number of piperidine rings is 1. The molecule has 0 amide bonds. The van der Waals surface area contributed by atoms with E-state index in [0.717, 1.165) is 56.2 Å². The van der Waals surface area contributed by atoms with Gasteiger partial charge in [0.2, 0.25) is 0 Å². The first-order valence-electron chi connectivity index (χ1n) is 13.2. The topological polar surface area (TPSA) is 48.0 Å². The lowest BCUT2D eigenvalue weighted by Gasteiger charge is -2.62. The maximum atomic E-state index is 13.3. The summed E-state index contributed by atoms with van der Waals surface area (Å²) in [5, 5.41) is 0. The van der Waals surface area contributed by atoms with Gasteiger partial charge in [0.05, 0.1) is 12.5 Å². The second-order valence-electron chi connectivity index (χ2n) is 11.0. The minimum atomic E-state index is -0.569. The van der Waals surface area contributed by atoms with E-state index in [1.807, 2.05) is 6.07 Å². The summed E-state index contributed by atoms with van der Waals surface area (Å²) in [5.74, 6) is 2.33. The average Bonchev–Trinajstić information content (AvgIpc) is 3.63. The monoisotopic (exact) mass is 471 g/mol. The van der Waals surface area contributed by atoms with Gasteiger partial charge in [0.1, 0.15) is 5.60 Å². The molecule has 2 aromatic carbocycles. The highest BCUT2D eigenvalue weighted by atomic mass is 16.5. The predicted molar refractivity (Wildman–Crippen MR) is 133 cm³/mol. The van der Waals surface area contributed by atoms with Crippen LogP contribution in [0.15, 0.2) is 54.6 Å². The lowest BCUT2D eigenvalue weighted by molar-refractivity contribution is -0.178. The fourth-order valence-corrected chi connectivity index (χ4v) is 7.42. The van der Waals surface area contributed by atoms with Crippen molar-refractivity contribution in [1.29, 1.82) is 0 Å². The van der Waals surface area contributed by atoms with Gasteiger partial charge >= 0.3 is 0 Å². The van der Waals surface area contributed by atoms with Gasteiger partial charge in [-0.1, -0.05) is 36.4 Å². The molecule has 0 aromatic heterocycles. The van der Waals surface area contributed by atoms with Crippen molar-refractivity contribution >= 4 is 5.78 Å². The minimum Gasteiger partial charge on any atom is -0.493 e. The quantitative estimate of drug-likeness (QED) is 0.539. The minimum absolute atomic E-state index is 0.0500. The number of hydrogen-bond acceptors (Lipinski definition) is 5. The summed E-state index contributed by atoms with van der Waals surface area (Å²) >= 11 is 0. The zero-order chi connectivity index (χ0) is 23.6. The molecule has 4 atom stereocenters. The Hall–Kier alpha value is -2.63. The molecule has 5 heteroatoms. The van der Waals surface area contributed by atoms with E-state index >= 15 is 0 Å². The Bertz CT molecular complexity index is 1190. The van der Waals surface area contributed by atoms with E-state index in [1.165, 1.54) is 29.5 Å². The standard InChI is InChI=1S/C30H33NO4/c1-33-24-12-11-22-18-25-30(34-17-5-8-20-6-3-2-4-7-20)14-13-23(32)28-29(30,26(22)27(24)35-28)15-16-31(25)19-21-9-10-21/h2-4,6-7,11-14,21,25,28H,5,8-10,15-19H2,1H3/t25-,28+,29+,30-/m1/s1. The maximum absolute atomic E-state index is 13.3. The number of ether oxygens (including phenoxy) is 3. The Balaban J connectivity index is 1.30. The Kier molecular flexibility index (Phi) is 4.91. The number of carbonyl (C=O) groups excluding carboxylic acids is 1. The number of carbonyl (C=O) groups is 1. The van der Waals surface area contributed by atoms with Crippen LogP contribution < -0.4 is 9.47 Å². The second kappa shape index (κ2) is 7.94. The summed E-state index contributed by atoms with van der Waals surface area (Å²) in [4.78, 5) is 16.0. The summed E-state index contributed by atoms with van der Waals surface area (Å²) < 4.78 is 19.3. The molecule has 5 nitrogen and oxygen atoms in total. The second-order valence-corrected chi connectivity index (χ2v) is 11.0. The van der Waals surface area contributed by atoms with Crippen molar-refractivity contribution in [1.82, 2.24) is 4.90 Å². The van der Waals surface area contributed by atoms with E-state index in [1.54, 1.807) is 13.2 Å². The van der Waals surface area contributed by atoms with Crippen molar-refractivity contribution in [3.05, 3.63) is 71.3 Å². The Labute approximate surface area is 207 Å². The van der Waals surface area contributed by atoms with Crippen LogP contribution in [0.1, 0.15) is 42.4 Å². The molecule has 2 aliphatic heterocycles. The number of hydrogen-bond donors (Lipinski definition) is 0. The molecule has 0 radical (unpaired) electrons. The number of likely N-dealkylation sites (tertiary alicyclic amines) is 1. The van der Waals surface area contributed by atoms with Crippen molar-refractivity contribution in [2.75, 3.05) is 26.8 Å². The lowest BCUT2D eigenvalue weighted by atomic mass is 9.50. The van der Waals surface area contributed by atoms with Gasteiger partial charge in [0.25, 0.3) is 0 Å². The molecule has 2 heterocycles. The zero-order valence-electron chi connectivity index (χ0n) is 20.4. The van der Waals surface area contributed by atoms with Gasteiger partial charge in [0, 0.05) is 24.8 Å². The van der Waals surface area contributed by atoms with Crippen LogP contribution in [0.3, 0.4) is 0 Å². The van der Waals surface area contributed by atoms with Crippen LogP contribution in [0.25, 0.3) is 0 Å². The van der Waals surface area contributed by atoms with Gasteiger partial charge in [-0.05, 0) is 80.3 Å². The van der Waals surface area contributed by atoms with Gasteiger partial charge in [0.15, 0.2) is 23.4 Å². The molecule has 2 bridgehead atoms. The molecule has 3 aliphatic carbocycles. The van der Waals surface area contributed by atoms with Crippen LogP contribution in [0.2, 0.25) is 0 Å². The van der Waals surface area contributed by atoms with Crippen LogP contribution in [0.5, 0.6) is 11.5 Å². The molecule has 1 spiro atoms. The molecule has 2 aromatic rings. The van der Waals surface area contributed by atoms with E-state index < -0.39 is 17.1 Å². The summed E-state index contributed by atoms with van der Waals surface area (Å²) in [6, 6.07) is 15.0. The smallest absolute Gasteiger partial charge is 0.196 e. The van der Waals surface area contributed by atoms with Crippen LogP contribution in [-0.2, 0) is 27.8 Å². The number of rotatable bonds is 8. The zero-order valence-corrected chi connectivity index (χ0v) is 20.4. The molecule has 0 N–H and O–H groups in total. The van der Waals surface area contributed by atoms with Gasteiger partial charge in [-0.3, -0.25) is 9.69 Å². The molecule has 1 saturated carbocycles. The normalized spacial score (nSPS) is 32.3. The van der Waals surface area contributed by atoms with E-state index in [2.05, 4.69) is 47.4 Å². The van der Waals surface area contributed by atoms with Gasteiger partial charge in [-0.2, -0.15) is 0 Å². The van der Waals surface area contributed by atoms with Crippen molar-refractivity contribution in [2.45, 2.75) is 61.7 Å². The Morgan fingerprint density at radius 1 is 1.14 bits per heavy atom. The largest absolute Gasteiger partial charge is 0.493 e. The molecule has 182 valence electrons. The molecular formula is C30H33NO4. The fraction of sp³-hybridized carbons (Fsp3) is 0.500. The van der Waals surface area contributed by atoms with Crippen LogP contribution in [0.4, 0.5) is 0 Å². The summed E-state index contributed by atoms with van der Waals surface area (Å²) in [6.45, 7) is 2.76. The maximum Gasteiger partial charge on any atom is 0.196 e. The molecule has 1 saturated heterocycles. The predicted octanol–water partition coefficient (Wildman–Crippen LogP) is 4.26. The first-order valence-corrected chi connectivity index (χ1v) is 13.2. The molecule has 2 fully saturated rings. The molecule has 0 unspecified atom stereocenters.